The average Bonchev–Trinajstić information content (AvgIpc) is 2.93. The Balaban J connectivity index is 1.81. The molecule has 1 amide bonds. The summed E-state index contributed by atoms with van der Waals surface area (Å²) in [5.74, 6) is 0.818. The van der Waals surface area contributed by atoms with Crippen LogP contribution in [-0.4, -0.2) is 33.6 Å². The highest BCUT2D eigenvalue weighted by Gasteiger charge is 2.31. The Bertz CT molecular complexity index is 863. The van der Waals surface area contributed by atoms with Gasteiger partial charge in [0.05, 0.1) is 13.2 Å². The van der Waals surface area contributed by atoms with Crippen molar-refractivity contribution in [2.75, 3.05) is 13.2 Å². The van der Waals surface area contributed by atoms with E-state index < -0.39 is 6.09 Å². The number of aryl methyl sites for hydroxylation is 1. The van der Waals surface area contributed by atoms with Gasteiger partial charge < -0.3 is 9.84 Å². The van der Waals surface area contributed by atoms with Gasteiger partial charge in [0.1, 0.15) is 5.75 Å². The van der Waals surface area contributed by atoms with Gasteiger partial charge in [-0.05, 0) is 53.8 Å². The maximum absolute atomic E-state index is 11.3. The van der Waals surface area contributed by atoms with Gasteiger partial charge in [0.25, 0.3) is 0 Å². The molecule has 0 unspecified atom stereocenters. The zero-order chi connectivity index (χ0) is 16.7. The van der Waals surface area contributed by atoms with Gasteiger partial charge in [-0.2, -0.15) is 0 Å². The zero-order valence-electron chi connectivity index (χ0n) is 13.2. The molecule has 0 saturated carbocycles. The summed E-state index contributed by atoms with van der Waals surface area (Å²) in [5.41, 5.74) is 5.34. The van der Waals surface area contributed by atoms with Crippen molar-refractivity contribution in [3.05, 3.63) is 52.7 Å². The molecule has 0 atom stereocenters. The highest BCUT2D eigenvalue weighted by atomic mass is 32.2. The lowest BCUT2D eigenvalue weighted by atomic mass is 9.96. The maximum Gasteiger partial charge on any atom is 0.417 e. The first kappa shape index (κ1) is 15.1. The van der Waals surface area contributed by atoms with E-state index in [4.69, 9.17) is 4.74 Å². The molecule has 0 spiro atoms. The number of pyridine rings is 1. The molecule has 0 bridgehead atoms. The normalized spacial score (nSPS) is 16.3. The number of benzene rings is 1. The Morgan fingerprint density at radius 1 is 1.33 bits per heavy atom. The lowest BCUT2D eigenvalue weighted by Crippen LogP contribution is -2.20. The van der Waals surface area contributed by atoms with Gasteiger partial charge in [0.15, 0.2) is 0 Å². The second-order valence-corrected chi connectivity index (χ2v) is 6.93. The van der Waals surface area contributed by atoms with Gasteiger partial charge in [-0.3, -0.25) is 4.98 Å². The zero-order valence-corrected chi connectivity index (χ0v) is 14.0. The number of nitrogens with zero attached hydrogens (tertiary/aromatic N) is 2. The van der Waals surface area contributed by atoms with E-state index in [-0.39, 0.29) is 0 Å². The van der Waals surface area contributed by atoms with E-state index in [1.165, 1.54) is 16.3 Å². The average molecular weight is 340 g/mol. The topological polar surface area (TPSA) is 62.7 Å². The molecule has 2 aromatic rings. The largest absolute Gasteiger partial charge is 0.493 e. The Kier molecular flexibility index (Phi) is 3.69. The standard InChI is InChI=1S/C18H16N2O3S/c1-11-4-6-19-9-14(11)12-2-3-16-13(8-12)15-10-20(18(21)22)24-17(15)5-7-23-16/h2-4,6,8-9H,5,7,10H2,1H3,(H,21,22). The summed E-state index contributed by atoms with van der Waals surface area (Å²) in [6.45, 7) is 3.01. The van der Waals surface area contributed by atoms with Crippen molar-refractivity contribution in [2.45, 2.75) is 13.3 Å². The van der Waals surface area contributed by atoms with Gasteiger partial charge in [0.2, 0.25) is 0 Å². The van der Waals surface area contributed by atoms with Crippen molar-refractivity contribution in [1.29, 1.82) is 0 Å². The van der Waals surface area contributed by atoms with Crippen molar-refractivity contribution in [2.24, 2.45) is 0 Å². The van der Waals surface area contributed by atoms with Crippen LogP contribution in [0, 0.1) is 6.92 Å². The van der Waals surface area contributed by atoms with E-state index in [2.05, 4.69) is 18.0 Å². The predicted octanol–water partition coefficient (Wildman–Crippen LogP) is 4.19. The molecule has 0 fully saturated rings. The van der Waals surface area contributed by atoms with Crippen LogP contribution in [0.1, 0.15) is 17.5 Å². The first-order valence-corrected chi connectivity index (χ1v) is 8.49. The Hall–Kier alpha value is -2.47. The minimum atomic E-state index is -0.908. The predicted molar refractivity (Wildman–Crippen MR) is 93.8 cm³/mol. The molecule has 5 nitrogen and oxygen atoms in total. The molecule has 3 heterocycles. The maximum atomic E-state index is 11.3. The summed E-state index contributed by atoms with van der Waals surface area (Å²) in [6, 6.07) is 8.08. The Morgan fingerprint density at radius 2 is 2.21 bits per heavy atom. The minimum Gasteiger partial charge on any atom is -0.493 e. The van der Waals surface area contributed by atoms with Gasteiger partial charge in [0, 0.05) is 34.8 Å². The third-order valence-corrected chi connectivity index (χ3v) is 5.49. The fourth-order valence-electron chi connectivity index (χ4n) is 3.07. The van der Waals surface area contributed by atoms with E-state index in [1.54, 1.807) is 6.20 Å². The molecular weight excluding hydrogens is 324 g/mol. The number of hydrogen-bond acceptors (Lipinski definition) is 4. The molecule has 1 aromatic carbocycles. The van der Waals surface area contributed by atoms with E-state index in [1.807, 2.05) is 24.4 Å². The van der Waals surface area contributed by atoms with Crippen LogP contribution in [-0.2, 0) is 0 Å². The molecular formula is C18H16N2O3S. The third-order valence-electron chi connectivity index (χ3n) is 4.31. The molecule has 1 aromatic heterocycles. The van der Waals surface area contributed by atoms with Crippen LogP contribution >= 0.6 is 11.9 Å². The fourth-order valence-corrected chi connectivity index (χ4v) is 4.07. The van der Waals surface area contributed by atoms with E-state index in [0.717, 1.165) is 44.9 Å². The van der Waals surface area contributed by atoms with Crippen LogP contribution in [0.4, 0.5) is 4.79 Å². The molecule has 0 aliphatic carbocycles. The molecule has 122 valence electrons. The number of carbonyl (C=O) groups is 1. The summed E-state index contributed by atoms with van der Waals surface area (Å²) < 4.78 is 7.24. The molecule has 6 heteroatoms. The number of rotatable bonds is 1. The van der Waals surface area contributed by atoms with Gasteiger partial charge in [-0.15, -0.1) is 0 Å². The quantitative estimate of drug-likeness (QED) is 0.789. The molecule has 0 saturated heterocycles. The molecule has 2 aliphatic heterocycles. The van der Waals surface area contributed by atoms with Gasteiger partial charge in [-0.25, -0.2) is 9.10 Å². The highest BCUT2D eigenvalue weighted by Crippen LogP contribution is 2.45. The lowest BCUT2D eigenvalue weighted by Gasteiger charge is -2.15. The first-order chi connectivity index (χ1) is 11.6. The van der Waals surface area contributed by atoms with Crippen molar-refractivity contribution < 1.29 is 14.6 Å². The third kappa shape index (κ3) is 2.53. The highest BCUT2D eigenvalue weighted by molar-refractivity contribution is 8.01. The number of ether oxygens (including phenoxy) is 1. The summed E-state index contributed by atoms with van der Waals surface area (Å²) in [7, 11) is 0. The van der Waals surface area contributed by atoms with Crippen LogP contribution < -0.4 is 4.74 Å². The van der Waals surface area contributed by atoms with Crippen LogP contribution in [0.5, 0.6) is 5.75 Å². The number of fused-ring (bicyclic) bond motifs is 2. The Labute approximate surface area is 144 Å². The second-order valence-electron chi connectivity index (χ2n) is 5.81. The van der Waals surface area contributed by atoms with Crippen molar-refractivity contribution in [3.63, 3.8) is 0 Å². The van der Waals surface area contributed by atoms with Crippen molar-refractivity contribution in [1.82, 2.24) is 9.29 Å². The molecule has 24 heavy (non-hydrogen) atoms. The molecule has 1 N–H and O–H groups in total. The number of carboxylic acid groups (broad SMARTS) is 1. The number of amides is 1. The molecule has 2 aliphatic rings. The van der Waals surface area contributed by atoms with Crippen LogP contribution in [0.3, 0.4) is 0 Å². The summed E-state index contributed by atoms with van der Waals surface area (Å²) in [6.07, 6.45) is 3.47. The SMILES string of the molecule is Cc1ccncc1-c1ccc2c(c1)C1=C(CCO2)SN(C(=O)O)C1. The van der Waals surface area contributed by atoms with Gasteiger partial charge in [-0.1, -0.05) is 6.07 Å². The van der Waals surface area contributed by atoms with Crippen molar-refractivity contribution >= 4 is 23.6 Å². The Morgan fingerprint density at radius 3 is 3.00 bits per heavy atom. The molecule has 4 rings (SSSR count). The van der Waals surface area contributed by atoms with Gasteiger partial charge >= 0.3 is 6.09 Å². The van der Waals surface area contributed by atoms with Crippen LogP contribution in [0.2, 0.25) is 0 Å². The van der Waals surface area contributed by atoms with E-state index in [9.17, 15) is 9.90 Å². The summed E-state index contributed by atoms with van der Waals surface area (Å²) >= 11 is 1.31. The van der Waals surface area contributed by atoms with E-state index in [0.29, 0.717) is 13.2 Å². The summed E-state index contributed by atoms with van der Waals surface area (Å²) in [4.78, 5) is 16.6. The number of aromatic nitrogens is 1. The van der Waals surface area contributed by atoms with E-state index >= 15 is 0 Å². The molecule has 0 radical (unpaired) electrons. The smallest absolute Gasteiger partial charge is 0.417 e. The summed E-state index contributed by atoms with van der Waals surface area (Å²) in [5, 5.41) is 9.29. The number of hydrogen-bond donors (Lipinski definition) is 1. The minimum absolute atomic E-state index is 0.390. The monoisotopic (exact) mass is 340 g/mol. The van der Waals surface area contributed by atoms with Crippen molar-refractivity contribution in [3.8, 4) is 16.9 Å². The first-order valence-electron chi connectivity index (χ1n) is 7.72. The fraction of sp³-hybridized carbons (Fsp3) is 0.222. The van der Waals surface area contributed by atoms with Crippen LogP contribution in [0.15, 0.2) is 41.6 Å². The van der Waals surface area contributed by atoms with Crippen LogP contribution in [0.25, 0.3) is 16.7 Å². The second kappa shape index (κ2) is 5.87. The lowest BCUT2D eigenvalue weighted by molar-refractivity contribution is 0.179.